The largest absolute Gasteiger partial charge is 0.497 e. The van der Waals surface area contributed by atoms with Crippen molar-refractivity contribution in [1.29, 1.82) is 0 Å². The van der Waals surface area contributed by atoms with Gasteiger partial charge in [0.25, 0.3) is 5.91 Å². The van der Waals surface area contributed by atoms with Gasteiger partial charge < -0.3 is 20.3 Å². The number of nitrogens with zero attached hydrogens (tertiary/aromatic N) is 4. The minimum Gasteiger partial charge on any atom is -0.497 e. The zero-order chi connectivity index (χ0) is 20.1. The number of nitrogens with one attached hydrogen (secondary N) is 2. The van der Waals surface area contributed by atoms with E-state index in [4.69, 9.17) is 10.5 Å². The molecule has 0 spiro atoms. The maximum Gasteiger partial charge on any atom is 0.269 e. The molecule has 9 nitrogen and oxygen atoms in total. The zero-order valence-electron chi connectivity index (χ0n) is 16.5. The van der Waals surface area contributed by atoms with E-state index in [9.17, 15) is 4.79 Å². The van der Waals surface area contributed by atoms with E-state index in [1.54, 1.807) is 31.4 Å². The number of likely N-dealkylation sites (tertiary alicyclic amines) is 1. The highest BCUT2D eigenvalue weighted by Crippen LogP contribution is 2.28. The summed E-state index contributed by atoms with van der Waals surface area (Å²) in [4.78, 5) is 25.2. The molecule has 1 aliphatic rings. The Morgan fingerprint density at radius 3 is 2.57 bits per heavy atom. The van der Waals surface area contributed by atoms with Crippen LogP contribution in [0.2, 0.25) is 0 Å². The van der Waals surface area contributed by atoms with Gasteiger partial charge in [0.15, 0.2) is 11.6 Å². The van der Waals surface area contributed by atoms with Gasteiger partial charge in [0.1, 0.15) is 17.8 Å². The minimum absolute atomic E-state index is 0.300. The maximum atomic E-state index is 12.3. The summed E-state index contributed by atoms with van der Waals surface area (Å²) >= 11 is 0. The van der Waals surface area contributed by atoms with Crippen LogP contribution in [0.25, 0.3) is 0 Å². The average Bonchev–Trinajstić information content (AvgIpc) is 2.73. The van der Waals surface area contributed by atoms with Crippen LogP contribution in [-0.4, -0.2) is 61.1 Å². The van der Waals surface area contributed by atoms with Crippen molar-refractivity contribution >= 4 is 23.2 Å². The number of rotatable bonds is 6. The Morgan fingerprint density at radius 1 is 1.25 bits per heavy atom. The highest BCUT2D eigenvalue weighted by molar-refractivity contribution is 5.95. The second-order valence-electron chi connectivity index (χ2n) is 6.91. The summed E-state index contributed by atoms with van der Waals surface area (Å²) < 4.78 is 5.10. The summed E-state index contributed by atoms with van der Waals surface area (Å²) in [6.45, 7) is 2.09. The Hall–Kier alpha value is -3.07. The van der Waals surface area contributed by atoms with Gasteiger partial charge in [0, 0.05) is 18.7 Å². The van der Waals surface area contributed by atoms with Crippen molar-refractivity contribution in [2.45, 2.75) is 18.9 Å². The first-order valence-electron chi connectivity index (χ1n) is 9.22. The molecular formula is C19H27N7O2. The monoisotopic (exact) mass is 385 g/mol. The van der Waals surface area contributed by atoms with Crippen molar-refractivity contribution in [2.75, 3.05) is 50.4 Å². The molecule has 1 amide bonds. The number of benzene rings is 1. The lowest BCUT2D eigenvalue weighted by Gasteiger charge is -2.36. The molecule has 2 aromatic rings. The Bertz CT molecular complexity index is 804. The van der Waals surface area contributed by atoms with Gasteiger partial charge in [-0.3, -0.25) is 15.6 Å². The number of amides is 1. The normalized spacial score (nSPS) is 15.1. The molecule has 3 rings (SSSR count). The molecule has 1 aliphatic heterocycles. The molecule has 1 aromatic carbocycles. The van der Waals surface area contributed by atoms with Crippen LogP contribution >= 0.6 is 0 Å². The fourth-order valence-electron chi connectivity index (χ4n) is 3.25. The van der Waals surface area contributed by atoms with Crippen LogP contribution < -0.4 is 26.2 Å². The van der Waals surface area contributed by atoms with Crippen molar-refractivity contribution in [3.05, 3.63) is 36.2 Å². The van der Waals surface area contributed by atoms with Crippen LogP contribution in [0.3, 0.4) is 0 Å². The van der Waals surface area contributed by atoms with E-state index in [1.165, 1.54) is 6.33 Å². The van der Waals surface area contributed by atoms with E-state index in [0.717, 1.165) is 25.9 Å². The predicted octanol–water partition coefficient (Wildman–Crippen LogP) is 1.35. The Labute approximate surface area is 164 Å². The van der Waals surface area contributed by atoms with Crippen LogP contribution in [0.15, 0.2) is 30.6 Å². The van der Waals surface area contributed by atoms with Gasteiger partial charge in [-0.25, -0.2) is 9.97 Å². The number of carbonyl (C=O) groups is 1. The number of methoxy groups -OCH3 is 1. The third-order valence-corrected chi connectivity index (χ3v) is 5.08. The fraction of sp³-hybridized carbons (Fsp3) is 0.421. The van der Waals surface area contributed by atoms with E-state index >= 15 is 0 Å². The summed E-state index contributed by atoms with van der Waals surface area (Å²) in [6, 6.07) is 7.18. The van der Waals surface area contributed by atoms with E-state index in [0.29, 0.717) is 34.7 Å². The topological polar surface area (TPSA) is 109 Å². The Balaban J connectivity index is 1.66. The molecule has 1 saturated heterocycles. The molecule has 4 N–H and O–H groups in total. The van der Waals surface area contributed by atoms with Gasteiger partial charge >= 0.3 is 0 Å². The van der Waals surface area contributed by atoms with Crippen LogP contribution in [-0.2, 0) is 0 Å². The molecule has 0 aliphatic carbocycles. The molecule has 0 bridgehead atoms. The number of aromatic nitrogens is 2. The molecule has 28 heavy (non-hydrogen) atoms. The Morgan fingerprint density at radius 2 is 1.93 bits per heavy atom. The lowest BCUT2D eigenvalue weighted by Crippen LogP contribution is -2.42. The number of nitrogen functional groups attached to an aromatic ring is 1. The van der Waals surface area contributed by atoms with E-state index < -0.39 is 0 Å². The van der Waals surface area contributed by atoms with Crippen molar-refractivity contribution in [3.63, 3.8) is 0 Å². The number of hydrogen-bond donors (Lipinski definition) is 3. The van der Waals surface area contributed by atoms with Gasteiger partial charge in [-0.2, -0.15) is 0 Å². The first-order valence-corrected chi connectivity index (χ1v) is 9.22. The molecule has 2 heterocycles. The van der Waals surface area contributed by atoms with Crippen LogP contribution in [0.1, 0.15) is 23.2 Å². The molecule has 1 aromatic heterocycles. The lowest BCUT2D eigenvalue weighted by atomic mass is 10.0. The lowest BCUT2D eigenvalue weighted by molar-refractivity contribution is 0.0962. The quantitative estimate of drug-likeness (QED) is 0.640. The number of hydrogen-bond acceptors (Lipinski definition) is 8. The van der Waals surface area contributed by atoms with Crippen LogP contribution in [0, 0.1) is 0 Å². The second-order valence-corrected chi connectivity index (χ2v) is 6.91. The molecule has 0 unspecified atom stereocenters. The number of piperidine rings is 1. The second kappa shape index (κ2) is 8.75. The highest BCUT2D eigenvalue weighted by atomic mass is 16.5. The number of anilines is 3. The van der Waals surface area contributed by atoms with Crippen LogP contribution in [0.4, 0.5) is 17.3 Å². The van der Waals surface area contributed by atoms with E-state index in [1.807, 2.05) is 7.05 Å². The minimum atomic E-state index is -0.300. The molecule has 0 radical (unpaired) electrons. The zero-order valence-corrected chi connectivity index (χ0v) is 16.5. The first kappa shape index (κ1) is 19.7. The summed E-state index contributed by atoms with van der Waals surface area (Å²) in [6.07, 6.45) is 3.54. The first-order chi connectivity index (χ1) is 13.5. The molecule has 0 atom stereocenters. The smallest absolute Gasteiger partial charge is 0.269 e. The van der Waals surface area contributed by atoms with Gasteiger partial charge in [-0.05, 0) is 57.2 Å². The fourth-order valence-corrected chi connectivity index (χ4v) is 3.25. The Kier molecular flexibility index (Phi) is 6.15. The molecule has 0 saturated carbocycles. The standard InChI is InChI=1S/C19H27N7O2/c1-25-10-8-14(9-11-25)26(2)18-16(20)17(21-12-22-18)23-24-19(27)13-4-6-15(28-3)7-5-13/h4-7,12,14H,8-11,20H2,1-3H3,(H,24,27)(H,21,22,23). The summed E-state index contributed by atoms with van der Waals surface area (Å²) in [5.41, 5.74) is 12.6. The number of ether oxygens (including phenoxy) is 1. The average molecular weight is 385 g/mol. The maximum absolute atomic E-state index is 12.3. The summed E-state index contributed by atoms with van der Waals surface area (Å²) in [7, 11) is 5.70. The third kappa shape index (κ3) is 4.42. The van der Waals surface area contributed by atoms with Crippen molar-refractivity contribution in [1.82, 2.24) is 20.3 Å². The number of nitrogens with two attached hydrogens (primary N) is 1. The molecular weight excluding hydrogens is 358 g/mol. The summed E-state index contributed by atoms with van der Waals surface area (Å²) in [5.74, 6) is 1.41. The van der Waals surface area contributed by atoms with Crippen molar-refractivity contribution in [2.24, 2.45) is 0 Å². The van der Waals surface area contributed by atoms with Gasteiger partial charge in [-0.15, -0.1) is 0 Å². The van der Waals surface area contributed by atoms with E-state index in [2.05, 4.69) is 37.7 Å². The molecule has 150 valence electrons. The molecule has 9 heteroatoms. The van der Waals surface area contributed by atoms with Crippen molar-refractivity contribution in [3.8, 4) is 5.75 Å². The van der Waals surface area contributed by atoms with E-state index in [-0.39, 0.29) is 5.91 Å². The number of carbonyl (C=O) groups excluding carboxylic acids is 1. The number of hydrazine groups is 1. The SMILES string of the molecule is COc1ccc(C(=O)NNc2ncnc(N(C)C3CCN(C)CC3)c2N)cc1. The van der Waals surface area contributed by atoms with Crippen molar-refractivity contribution < 1.29 is 9.53 Å². The van der Waals surface area contributed by atoms with Gasteiger partial charge in [-0.1, -0.05) is 0 Å². The van der Waals surface area contributed by atoms with Gasteiger partial charge in [0.2, 0.25) is 0 Å². The van der Waals surface area contributed by atoms with Gasteiger partial charge in [0.05, 0.1) is 7.11 Å². The van der Waals surface area contributed by atoms with Crippen LogP contribution in [0.5, 0.6) is 5.75 Å². The summed E-state index contributed by atoms with van der Waals surface area (Å²) in [5, 5.41) is 0. The molecule has 1 fully saturated rings. The predicted molar refractivity (Wildman–Crippen MR) is 109 cm³/mol. The third-order valence-electron chi connectivity index (χ3n) is 5.08. The highest BCUT2D eigenvalue weighted by Gasteiger charge is 2.24.